The fourth-order valence-electron chi connectivity index (χ4n) is 5.93. The molecule has 2 N–H and O–H groups in total. The molecule has 2 aliphatic heterocycles. The lowest BCUT2D eigenvalue weighted by Gasteiger charge is -2.35. The molecule has 1 amide bonds. The molecule has 232 valence electrons. The van der Waals surface area contributed by atoms with E-state index in [-0.39, 0.29) is 28.6 Å². The molecule has 0 radical (unpaired) electrons. The molecule has 11 nitrogen and oxygen atoms in total. The number of furan rings is 1. The monoisotopic (exact) mass is 593 g/mol. The van der Waals surface area contributed by atoms with Crippen molar-refractivity contribution in [2.75, 3.05) is 70.9 Å². The van der Waals surface area contributed by atoms with Gasteiger partial charge in [-0.2, -0.15) is 9.97 Å². The molecule has 0 unspecified atom stereocenters. The Morgan fingerprint density at radius 2 is 1.79 bits per heavy atom. The standard InChI is InChI=1S/C32H43N5O6/c1-20-18-25-26(32(3,4)10-15-42-25)21(2)23(20)19-22-8-9-24(43-22)28(38)34-27-29(39-5)35-31(36-30(27)40-6)33-11-7-12-37-13-16-41-17-14-37/h8-9,18H,7,10-17,19H2,1-6H3,(H,34,38)(H,33,35,36). The number of amides is 1. The molecular weight excluding hydrogens is 550 g/mol. The summed E-state index contributed by atoms with van der Waals surface area (Å²) in [4.78, 5) is 24.5. The van der Waals surface area contributed by atoms with Crippen LogP contribution >= 0.6 is 0 Å². The predicted octanol–water partition coefficient (Wildman–Crippen LogP) is 4.74. The largest absolute Gasteiger partial charge is 0.493 e. The molecule has 1 saturated heterocycles. The van der Waals surface area contributed by atoms with Crippen molar-refractivity contribution in [1.82, 2.24) is 14.9 Å². The normalized spacial score (nSPS) is 16.2. The third-order valence-electron chi connectivity index (χ3n) is 8.30. The number of morpholine rings is 1. The van der Waals surface area contributed by atoms with Gasteiger partial charge in [-0.3, -0.25) is 9.69 Å². The molecule has 0 bridgehead atoms. The van der Waals surface area contributed by atoms with Crippen molar-refractivity contribution in [1.29, 1.82) is 0 Å². The van der Waals surface area contributed by atoms with E-state index in [1.807, 2.05) is 6.07 Å². The molecule has 0 aliphatic carbocycles. The number of aryl methyl sites for hydroxylation is 1. The summed E-state index contributed by atoms with van der Waals surface area (Å²) in [6, 6.07) is 5.63. The zero-order valence-corrected chi connectivity index (χ0v) is 26.1. The molecule has 5 rings (SSSR count). The molecule has 43 heavy (non-hydrogen) atoms. The Kier molecular flexibility index (Phi) is 9.41. The molecule has 0 saturated carbocycles. The first-order valence-corrected chi connectivity index (χ1v) is 14.9. The summed E-state index contributed by atoms with van der Waals surface area (Å²) >= 11 is 0. The van der Waals surface area contributed by atoms with Crippen molar-refractivity contribution in [3.05, 3.63) is 52.0 Å². The number of rotatable bonds is 11. The second kappa shape index (κ2) is 13.2. The summed E-state index contributed by atoms with van der Waals surface area (Å²) in [7, 11) is 2.97. The van der Waals surface area contributed by atoms with Crippen LogP contribution in [0, 0.1) is 13.8 Å². The molecular formula is C32H43N5O6. The van der Waals surface area contributed by atoms with Crippen LogP contribution in [0.5, 0.6) is 17.5 Å². The van der Waals surface area contributed by atoms with Gasteiger partial charge in [-0.15, -0.1) is 0 Å². The van der Waals surface area contributed by atoms with Gasteiger partial charge in [0, 0.05) is 31.6 Å². The van der Waals surface area contributed by atoms with E-state index in [0.29, 0.717) is 24.7 Å². The minimum absolute atomic E-state index is 0.0302. The van der Waals surface area contributed by atoms with Crippen LogP contribution in [0.4, 0.5) is 11.6 Å². The molecule has 0 spiro atoms. The Balaban J connectivity index is 1.26. The number of carbonyl (C=O) groups excluding carboxylic acids is 1. The average molecular weight is 594 g/mol. The Hall–Kier alpha value is -3.83. The first kappa shape index (κ1) is 30.6. The lowest BCUT2D eigenvalue weighted by Crippen LogP contribution is -2.37. The minimum atomic E-state index is -0.453. The SMILES string of the molecule is COc1nc(NCCCN2CCOCC2)nc(OC)c1NC(=O)c1ccc(Cc2c(C)cc3c(c2C)C(C)(C)CCO3)o1. The number of hydrogen-bond acceptors (Lipinski definition) is 10. The number of nitrogens with zero attached hydrogens (tertiary/aromatic N) is 3. The average Bonchev–Trinajstić information content (AvgIpc) is 3.46. The number of aromatic nitrogens is 2. The van der Waals surface area contributed by atoms with Crippen molar-refractivity contribution in [3.8, 4) is 17.5 Å². The Labute approximate surface area is 253 Å². The molecule has 0 atom stereocenters. The van der Waals surface area contributed by atoms with Gasteiger partial charge >= 0.3 is 0 Å². The van der Waals surface area contributed by atoms with Gasteiger partial charge in [0.25, 0.3) is 5.91 Å². The van der Waals surface area contributed by atoms with E-state index >= 15 is 0 Å². The molecule has 1 fully saturated rings. The second-order valence-corrected chi connectivity index (χ2v) is 11.7. The summed E-state index contributed by atoms with van der Waals surface area (Å²) in [6.45, 7) is 14.6. The highest BCUT2D eigenvalue weighted by molar-refractivity contribution is 6.03. The van der Waals surface area contributed by atoms with Crippen LogP contribution in [0.2, 0.25) is 0 Å². The topological polar surface area (TPSA) is 120 Å². The van der Waals surface area contributed by atoms with Crippen LogP contribution in [0.25, 0.3) is 0 Å². The number of ether oxygens (including phenoxy) is 4. The van der Waals surface area contributed by atoms with Crippen LogP contribution in [0.3, 0.4) is 0 Å². The Bertz CT molecular complexity index is 1420. The maximum Gasteiger partial charge on any atom is 0.291 e. The summed E-state index contributed by atoms with van der Waals surface area (Å²) in [6.07, 6.45) is 2.45. The number of methoxy groups -OCH3 is 2. The zero-order chi connectivity index (χ0) is 30.6. The first-order valence-electron chi connectivity index (χ1n) is 14.9. The van der Waals surface area contributed by atoms with Crippen molar-refractivity contribution in [3.63, 3.8) is 0 Å². The van der Waals surface area contributed by atoms with Gasteiger partial charge in [-0.05, 0) is 73.5 Å². The van der Waals surface area contributed by atoms with Crippen LogP contribution in [0.15, 0.2) is 22.6 Å². The third kappa shape index (κ3) is 6.88. The van der Waals surface area contributed by atoms with Crippen LogP contribution in [0.1, 0.15) is 65.3 Å². The highest BCUT2D eigenvalue weighted by Crippen LogP contribution is 2.43. The fraction of sp³-hybridized carbons (Fsp3) is 0.531. The number of benzene rings is 1. The van der Waals surface area contributed by atoms with Crippen molar-refractivity contribution >= 4 is 17.5 Å². The Morgan fingerprint density at radius 1 is 1.07 bits per heavy atom. The molecule has 2 aliphatic rings. The van der Waals surface area contributed by atoms with E-state index in [1.54, 1.807) is 6.07 Å². The van der Waals surface area contributed by atoms with E-state index in [9.17, 15) is 4.79 Å². The van der Waals surface area contributed by atoms with Gasteiger partial charge in [0.2, 0.25) is 17.7 Å². The number of hydrogen-bond donors (Lipinski definition) is 2. The number of anilines is 2. The van der Waals surface area contributed by atoms with Crippen LogP contribution in [-0.4, -0.2) is 81.0 Å². The smallest absolute Gasteiger partial charge is 0.291 e. The van der Waals surface area contributed by atoms with Gasteiger partial charge in [-0.1, -0.05) is 13.8 Å². The first-order chi connectivity index (χ1) is 20.7. The maximum absolute atomic E-state index is 13.3. The molecule has 1 aromatic carbocycles. The number of carbonyl (C=O) groups is 1. The fourth-order valence-corrected chi connectivity index (χ4v) is 5.93. The van der Waals surface area contributed by atoms with Gasteiger partial charge < -0.3 is 34.0 Å². The highest BCUT2D eigenvalue weighted by atomic mass is 16.5. The molecule has 2 aromatic heterocycles. The minimum Gasteiger partial charge on any atom is -0.493 e. The Morgan fingerprint density at radius 3 is 2.49 bits per heavy atom. The quantitative estimate of drug-likeness (QED) is 0.302. The zero-order valence-electron chi connectivity index (χ0n) is 26.1. The van der Waals surface area contributed by atoms with E-state index in [0.717, 1.165) is 63.6 Å². The third-order valence-corrected chi connectivity index (χ3v) is 8.30. The van der Waals surface area contributed by atoms with Crippen LogP contribution < -0.4 is 24.8 Å². The molecule has 3 aromatic rings. The second-order valence-electron chi connectivity index (χ2n) is 11.7. The summed E-state index contributed by atoms with van der Waals surface area (Å²) in [5.41, 5.74) is 5.04. The van der Waals surface area contributed by atoms with E-state index < -0.39 is 5.91 Å². The van der Waals surface area contributed by atoms with Crippen molar-refractivity contribution < 1.29 is 28.2 Å². The van der Waals surface area contributed by atoms with Gasteiger partial charge in [0.15, 0.2) is 11.4 Å². The summed E-state index contributed by atoms with van der Waals surface area (Å²) in [5.74, 6) is 2.11. The lowest BCUT2D eigenvalue weighted by atomic mass is 9.75. The molecule has 11 heteroatoms. The summed E-state index contributed by atoms with van der Waals surface area (Å²) in [5, 5.41) is 6.04. The maximum atomic E-state index is 13.3. The van der Waals surface area contributed by atoms with Gasteiger partial charge in [0.1, 0.15) is 11.5 Å². The highest BCUT2D eigenvalue weighted by Gasteiger charge is 2.32. The van der Waals surface area contributed by atoms with Gasteiger partial charge in [0.05, 0.1) is 34.0 Å². The summed E-state index contributed by atoms with van der Waals surface area (Å²) < 4.78 is 28.4. The number of fused-ring (bicyclic) bond motifs is 1. The lowest BCUT2D eigenvalue weighted by molar-refractivity contribution is 0.0378. The van der Waals surface area contributed by atoms with Crippen molar-refractivity contribution in [2.45, 2.75) is 52.4 Å². The van der Waals surface area contributed by atoms with Crippen LogP contribution in [-0.2, 0) is 16.6 Å². The van der Waals surface area contributed by atoms with E-state index in [2.05, 4.69) is 59.3 Å². The predicted molar refractivity (Wildman–Crippen MR) is 164 cm³/mol. The van der Waals surface area contributed by atoms with Crippen molar-refractivity contribution in [2.24, 2.45) is 0 Å². The number of nitrogens with one attached hydrogen (secondary N) is 2. The van der Waals surface area contributed by atoms with Gasteiger partial charge in [-0.25, -0.2) is 0 Å². The van der Waals surface area contributed by atoms with E-state index in [1.165, 1.54) is 30.9 Å². The van der Waals surface area contributed by atoms with E-state index in [4.69, 9.17) is 23.4 Å². The molecule has 4 heterocycles.